The van der Waals surface area contributed by atoms with Crippen molar-refractivity contribution in [2.24, 2.45) is 5.73 Å². The molecule has 1 heterocycles. The number of hydrogen-bond acceptors (Lipinski definition) is 3. The fraction of sp³-hybridized carbons (Fsp3) is 0.364. The summed E-state index contributed by atoms with van der Waals surface area (Å²) in [6.07, 6.45) is 0. The molecule has 3 N–H and O–H groups in total. The first-order chi connectivity index (χ1) is 7.63. The smallest absolute Gasteiger partial charge is 0.246 e. The SMILES string of the molecule is CN(CCN)C1C(=O)Nc2ccc(Cl)cc21. The Kier molecular flexibility index (Phi) is 3.14. The molecule has 16 heavy (non-hydrogen) atoms. The summed E-state index contributed by atoms with van der Waals surface area (Å²) in [7, 11) is 1.88. The summed E-state index contributed by atoms with van der Waals surface area (Å²) in [5, 5.41) is 3.47. The number of anilines is 1. The van der Waals surface area contributed by atoms with Gasteiger partial charge in [-0.25, -0.2) is 0 Å². The van der Waals surface area contributed by atoms with Gasteiger partial charge in [0.15, 0.2) is 0 Å². The maximum absolute atomic E-state index is 11.8. The Morgan fingerprint density at radius 1 is 1.56 bits per heavy atom. The first-order valence-electron chi connectivity index (χ1n) is 5.14. The number of rotatable bonds is 3. The van der Waals surface area contributed by atoms with Crippen molar-refractivity contribution >= 4 is 23.2 Å². The maximum Gasteiger partial charge on any atom is 0.246 e. The minimum Gasteiger partial charge on any atom is -0.329 e. The van der Waals surface area contributed by atoms with E-state index in [-0.39, 0.29) is 11.9 Å². The minimum absolute atomic E-state index is 0.0202. The van der Waals surface area contributed by atoms with Crippen LogP contribution in [0.3, 0.4) is 0 Å². The predicted molar refractivity (Wildman–Crippen MR) is 64.5 cm³/mol. The third-order valence-corrected chi connectivity index (χ3v) is 2.97. The molecule has 1 aliphatic heterocycles. The van der Waals surface area contributed by atoms with Crippen molar-refractivity contribution in [3.8, 4) is 0 Å². The molecule has 1 aliphatic rings. The topological polar surface area (TPSA) is 58.4 Å². The number of hydrogen-bond donors (Lipinski definition) is 2. The minimum atomic E-state index is -0.280. The van der Waals surface area contributed by atoms with Crippen molar-refractivity contribution in [1.29, 1.82) is 0 Å². The largest absolute Gasteiger partial charge is 0.329 e. The summed E-state index contributed by atoms with van der Waals surface area (Å²) >= 11 is 5.94. The summed E-state index contributed by atoms with van der Waals surface area (Å²) in [4.78, 5) is 13.8. The van der Waals surface area contributed by atoms with Gasteiger partial charge in [-0.2, -0.15) is 0 Å². The quantitative estimate of drug-likeness (QED) is 0.834. The van der Waals surface area contributed by atoms with E-state index < -0.39 is 0 Å². The first-order valence-corrected chi connectivity index (χ1v) is 5.52. The van der Waals surface area contributed by atoms with Crippen LogP contribution in [0.5, 0.6) is 0 Å². The van der Waals surface area contributed by atoms with Crippen LogP contribution in [0.25, 0.3) is 0 Å². The molecule has 86 valence electrons. The molecule has 1 amide bonds. The summed E-state index contributed by atoms with van der Waals surface area (Å²) in [5.74, 6) is -0.0202. The number of nitrogens with two attached hydrogens (primary N) is 1. The molecule has 0 aliphatic carbocycles. The van der Waals surface area contributed by atoms with Gasteiger partial charge in [0.25, 0.3) is 0 Å². The van der Waals surface area contributed by atoms with E-state index in [4.69, 9.17) is 17.3 Å². The summed E-state index contributed by atoms with van der Waals surface area (Å²) in [5.41, 5.74) is 7.25. The van der Waals surface area contributed by atoms with Crippen molar-refractivity contribution in [3.63, 3.8) is 0 Å². The van der Waals surface area contributed by atoms with Crippen LogP contribution in [0, 0.1) is 0 Å². The lowest BCUT2D eigenvalue weighted by Gasteiger charge is -2.21. The van der Waals surface area contributed by atoms with Crippen LogP contribution < -0.4 is 11.1 Å². The second kappa shape index (κ2) is 4.41. The second-order valence-electron chi connectivity index (χ2n) is 3.89. The number of likely N-dealkylation sites (N-methyl/N-ethyl adjacent to an activating group) is 1. The number of amides is 1. The zero-order chi connectivity index (χ0) is 11.7. The predicted octanol–water partition coefficient (Wildman–Crippen LogP) is 1.22. The van der Waals surface area contributed by atoms with Crippen LogP contribution in [-0.2, 0) is 4.79 Å². The lowest BCUT2D eigenvalue weighted by atomic mass is 10.1. The van der Waals surface area contributed by atoms with Crippen LogP contribution >= 0.6 is 11.6 Å². The molecule has 1 aromatic rings. The van der Waals surface area contributed by atoms with Crippen LogP contribution in [0.1, 0.15) is 11.6 Å². The monoisotopic (exact) mass is 239 g/mol. The van der Waals surface area contributed by atoms with E-state index in [2.05, 4.69) is 5.32 Å². The van der Waals surface area contributed by atoms with Crippen LogP contribution in [0.15, 0.2) is 18.2 Å². The molecule has 4 nitrogen and oxygen atoms in total. The zero-order valence-electron chi connectivity index (χ0n) is 9.03. The van der Waals surface area contributed by atoms with Gasteiger partial charge in [0, 0.05) is 29.4 Å². The van der Waals surface area contributed by atoms with E-state index in [9.17, 15) is 4.79 Å². The van der Waals surface area contributed by atoms with Crippen LogP contribution in [0.4, 0.5) is 5.69 Å². The third-order valence-electron chi connectivity index (χ3n) is 2.74. The number of benzene rings is 1. The lowest BCUT2D eigenvalue weighted by Crippen LogP contribution is -2.33. The molecule has 0 bridgehead atoms. The average molecular weight is 240 g/mol. The number of nitrogens with one attached hydrogen (secondary N) is 1. The van der Waals surface area contributed by atoms with Gasteiger partial charge in [0.05, 0.1) is 0 Å². The number of halogens is 1. The van der Waals surface area contributed by atoms with Crippen molar-refractivity contribution in [2.45, 2.75) is 6.04 Å². The lowest BCUT2D eigenvalue weighted by molar-refractivity contribution is -0.120. The second-order valence-corrected chi connectivity index (χ2v) is 4.33. The molecule has 0 spiro atoms. The van der Waals surface area contributed by atoms with E-state index in [1.165, 1.54) is 0 Å². The van der Waals surface area contributed by atoms with Crippen molar-refractivity contribution in [3.05, 3.63) is 28.8 Å². The molecular weight excluding hydrogens is 226 g/mol. The fourth-order valence-electron chi connectivity index (χ4n) is 1.99. The Hall–Kier alpha value is -1.10. The highest BCUT2D eigenvalue weighted by Gasteiger charge is 2.33. The Balaban J connectivity index is 2.34. The molecule has 1 atom stereocenters. The highest BCUT2D eigenvalue weighted by Crippen LogP contribution is 2.35. The van der Waals surface area contributed by atoms with Gasteiger partial charge < -0.3 is 11.1 Å². The number of carbonyl (C=O) groups is 1. The van der Waals surface area contributed by atoms with Crippen molar-refractivity contribution < 1.29 is 4.79 Å². The molecular formula is C11H14ClN3O. The molecule has 0 aromatic heterocycles. The van der Waals surface area contributed by atoms with E-state index in [1.807, 2.05) is 24.1 Å². The summed E-state index contributed by atoms with van der Waals surface area (Å²) < 4.78 is 0. The number of nitrogens with zero attached hydrogens (tertiary/aromatic N) is 1. The fourth-order valence-corrected chi connectivity index (χ4v) is 2.17. The third kappa shape index (κ3) is 1.91. The van der Waals surface area contributed by atoms with Crippen LogP contribution in [0.2, 0.25) is 5.02 Å². The van der Waals surface area contributed by atoms with E-state index in [0.29, 0.717) is 18.1 Å². The van der Waals surface area contributed by atoms with Crippen molar-refractivity contribution in [2.75, 3.05) is 25.5 Å². The normalized spacial score (nSPS) is 18.8. The maximum atomic E-state index is 11.8. The molecule has 0 saturated heterocycles. The van der Waals surface area contributed by atoms with E-state index >= 15 is 0 Å². The molecule has 1 aromatic carbocycles. The van der Waals surface area contributed by atoms with Gasteiger partial charge in [-0.1, -0.05) is 11.6 Å². The molecule has 0 saturated carbocycles. The Bertz CT molecular complexity index is 422. The molecule has 2 rings (SSSR count). The Morgan fingerprint density at radius 2 is 2.31 bits per heavy atom. The van der Waals surface area contributed by atoms with E-state index in [1.54, 1.807) is 6.07 Å². The molecule has 0 fully saturated rings. The number of fused-ring (bicyclic) bond motifs is 1. The standard InChI is InChI=1S/C11H14ClN3O/c1-15(5-4-13)10-8-6-7(12)2-3-9(8)14-11(10)16/h2-3,6,10H,4-5,13H2,1H3,(H,14,16). The van der Waals surface area contributed by atoms with Gasteiger partial charge >= 0.3 is 0 Å². The summed E-state index contributed by atoms with van der Waals surface area (Å²) in [6.45, 7) is 1.19. The van der Waals surface area contributed by atoms with Gasteiger partial charge in [-0.3, -0.25) is 9.69 Å². The molecule has 5 heteroatoms. The van der Waals surface area contributed by atoms with Gasteiger partial charge in [-0.15, -0.1) is 0 Å². The average Bonchev–Trinajstić information content (AvgIpc) is 2.53. The molecule has 1 unspecified atom stereocenters. The van der Waals surface area contributed by atoms with Crippen LogP contribution in [-0.4, -0.2) is 30.9 Å². The molecule has 0 radical (unpaired) electrons. The summed E-state index contributed by atoms with van der Waals surface area (Å²) in [6, 6.07) is 5.14. The zero-order valence-corrected chi connectivity index (χ0v) is 9.79. The van der Waals surface area contributed by atoms with E-state index in [0.717, 1.165) is 11.3 Å². The van der Waals surface area contributed by atoms with Gasteiger partial charge in [0.1, 0.15) is 6.04 Å². The van der Waals surface area contributed by atoms with Crippen molar-refractivity contribution in [1.82, 2.24) is 4.90 Å². The number of carbonyl (C=O) groups excluding carboxylic acids is 1. The highest BCUT2D eigenvalue weighted by molar-refractivity contribution is 6.31. The highest BCUT2D eigenvalue weighted by atomic mass is 35.5. The van der Waals surface area contributed by atoms with Gasteiger partial charge in [0.2, 0.25) is 5.91 Å². The Morgan fingerprint density at radius 3 is 3.00 bits per heavy atom. The van der Waals surface area contributed by atoms with Gasteiger partial charge in [-0.05, 0) is 25.2 Å². The Labute approximate surface area is 99.4 Å². The first kappa shape index (κ1) is 11.4.